The van der Waals surface area contributed by atoms with E-state index in [1.165, 1.54) is 6.92 Å². The summed E-state index contributed by atoms with van der Waals surface area (Å²) in [4.78, 5) is 0. The molecule has 0 aliphatic heterocycles. The molecule has 0 radical (unpaired) electrons. The topological polar surface area (TPSA) is 109 Å². The highest BCUT2D eigenvalue weighted by molar-refractivity contribution is 7.87. The monoisotopic (exact) mass is 232 g/mol. The van der Waals surface area contributed by atoms with E-state index in [9.17, 15) is 16.8 Å². The molecule has 0 aliphatic rings. The van der Waals surface area contributed by atoms with Crippen molar-refractivity contribution in [3.63, 3.8) is 0 Å². The lowest BCUT2D eigenvalue weighted by atomic mass is 10.3. The Morgan fingerprint density at radius 1 is 1.15 bits per heavy atom. The van der Waals surface area contributed by atoms with Crippen molar-refractivity contribution in [3.8, 4) is 0 Å². The highest BCUT2D eigenvalue weighted by atomic mass is 32.2. The SMILES string of the molecule is CCC(CCS(=O)(=O)O)S(=O)(=O)O. The van der Waals surface area contributed by atoms with Crippen LogP contribution in [0.1, 0.15) is 19.8 Å². The minimum atomic E-state index is -4.21. The molecule has 6 nitrogen and oxygen atoms in total. The summed E-state index contributed by atoms with van der Waals surface area (Å²) in [6.07, 6.45) is -0.192. The molecule has 0 saturated carbocycles. The molecule has 8 heteroatoms. The summed E-state index contributed by atoms with van der Waals surface area (Å²) in [6, 6.07) is 0. The maximum absolute atomic E-state index is 10.6. The summed E-state index contributed by atoms with van der Waals surface area (Å²) in [7, 11) is -8.38. The molecule has 13 heavy (non-hydrogen) atoms. The standard InChI is InChI=1S/C5H12O6S2/c1-2-5(13(9,10)11)3-4-12(6,7)8/h5H,2-4H2,1H3,(H,6,7,8)(H,9,10,11). The smallest absolute Gasteiger partial charge is 0.267 e. The molecule has 0 aliphatic carbocycles. The molecule has 80 valence electrons. The second-order valence-electron chi connectivity index (χ2n) is 2.62. The molecule has 0 heterocycles. The van der Waals surface area contributed by atoms with Crippen molar-refractivity contribution in [2.45, 2.75) is 25.0 Å². The molecule has 0 saturated heterocycles. The fourth-order valence-electron chi connectivity index (χ4n) is 0.844. The maximum Gasteiger partial charge on any atom is 0.267 e. The van der Waals surface area contributed by atoms with Gasteiger partial charge in [0.15, 0.2) is 0 Å². The number of hydrogen-bond acceptors (Lipinski definition) is 4. The van der Waals surface area contributed by atoms with Gasteiger partial charge in [0.2, 0.25) is 0 Å². The van der Waals surface area contributed by atoms with E-state index >= 15 is 0 Å². The van der Waals surface area contributed by atoms with Crippen LogP contribution in [-0.2, 0) is 20.2 Å². The lowest BCUT2D eigenvalue weighted by Crippen LogP contribution is -2.22. The van der Waals surface area contributed by atoms with Crippen molar-refractivity contribution in [1.29, 1.82) is 0 Å². The van der Waals surface area contributed by atoms with Gasteiger partial charge in [0.05, 0.1) is 11.0 Å². The van der Waals surface area contributed by atoms with Gasteiger partial charge in [-0.1, -0.05) is 6.92 Å². The molecule has 1 unspecified atom stereocenters. The molecule has 0 spiro atoms. The predicted octanol–water partition coefficient (Wildman–Crippen LogP) is -0.0693. The van der Waals surface area contributed by atoms with Crippen LogP contribution in [0.5, 0.6) is 0 Å². The third-order valence-corrected chi connectivity index (χ3v) is 3.74. The average Bonchev–Trinajstić information content (AvgIpc) is 1.82. The minimum absolute atomic E-state index is 0.106. The average molecular weight is 232 g/mol. The zero-order valence-electron chi connectivity index (χ0n) is 7.04. The van der Waals surface area contributed by atoms with Crippen LogP contribution in [0.3, 0.4) is 0 Å². The third-order valence-electron chi connectivity index (χ3n) is 1.57. The Hall–Kier alpha value is -0.180. The van der Waals surface area contributed by atoms with E-state index in [4.69, 9.17) is 9.11 Å². The van der Waals surface area contributed by atoms with Gasteiger partial charge in [0.1, 0.15) is 0 Å². The first kappa shape index (κ1) is 12.8. The molecular formula is C5H12O6S2. The molecule has 0 fully saturated rings. The van der Waals surface area contributed by atoms with E-state index in [1.54, 1.807) is 0 Å². The summed E-state index contributed by atoms with van der Waals surface area (Å²) in [5.74, 6) is -0.661. The van der Waals surface area contributed by atoms with E-state index in [2.05, 4.69) is 0 Å². The van der Waals surface area contributed by atoms with Crippen LogP contribution in [0.15, 0.2) is 0 Å². The summed E-state index contributed by atoms with van der Waals surface area (Å²) in [6.45, 7) is 1.50. The van der Waals surface area contributed by atoms with E-state index in [1.807, 2.05) is 0 Å². The Morgan fingerprint density at radius 3 is 1.85 bits per heavy atom. The van der Waals surface area contributed by atoms with Crippen molar-refractivity contribution in [3.05, 3.63) is 0 Å². The Bertz CT molecular complexity index is 339. The zero-order chi connectivity index (χ0) is 10.7. The van der Waals surface area contributed by atoms with Crippen molar-refractivity contribution in [1.82, 2.24) is 0 Å². The second-order valence-corrected chi connectivity index (χ2v) is 5.89. The Kier molecular flexibility index (Phi) is 4.30. The largest absolute Gasteiger partial charge is 0.286 e. The second kappa shape index (κ2) is 4.36. The van der Waals surface area contributed by atoms with Gasteiger partial charge < -0.3 is 0 Å². The Labute approximate surface area is 77.5 Å². The molecule has 0 aromatic rings. The van der Waals surface area contributed by atoms with E-state index < -0.39 is 31.2 Å². The molecule has 1 atom stereocenters. The molecule has 2 N–H and O–H groups in total. The minimum Gasteiger partial charge on any atom is -0.286 e. The van der Waals surface area contributed by atoms with Crippen LogP contribution in [0.25, 0.3) is 0 Å². The van der Waals surface area contributed by atoms with Gasteiger partial charge in [-0.15, -0.1) is 0 Å². The van der Waals surface area contributed by atoms with Crippen LogP contribution in [0, 0.1) is 0 Å². The summed E-state index contributed by atoms with van der Waals surface area (Å²) in [5, 5.41) is -1.13. The first-order valence-corrected chi connectivity index (χ1v) is 6.69. The molecule has 0 aromatic carbocycles. The van der Waals surface area contributed by atoms with Gasteiger partial charge >= 0.3 is 0 Å². The van der Waals surface area contributed by atoms with Gasteiger partial charge in [0, 0.05) is 0 Å². The van der Waals surface area contributed by atoms with Gasteiger partial charge in [-0.05, 0) is 12.8 Å². The molecular weight excluding hydrogens is 220 g/mol. The van der Waals surface area contributed by atoms with Crippen molar-refractivity contribution in [2.24, 2.45) is 0 Å². The fourth-order valence-corrected chi connectivity index (χ4v) is 2.41. The lowest BCUT2D eigenvalue weighted by Gasteiger charge is -2.09. The summed E-state index contributed by atoms with van der Waals surface area (Å²) >= 11 is 0. The molecule has 0 aromatic heterocycles. The lowest BCUT2D eigenvalue weighted by molar-refractivity contribution is 0.457. The predicted molar refractivity (Wildman–Crippen MR) is 46.7 cm³/mol. The summed E-state index contributed by atoms with van der Waals surface area (Å²) < 4.78 is 58.5. The van der Waals surface area contributed by atoms with Gasteiger partial charge in [-0.2, -0.15) is 16.8 Å². The first-order valence-electron chi connectivity index (χ1n) is 3.58. The fraction of sp³-hybridized carbons (Fsp3) is 1.00. The zero-order valence-corrected chi connectivity index (χ0v) is 8.68. The van der Waals surface area contributed by atoms with Crippen LogP contribution in [0.4, 0.5) is 0 Å². The van der Waals surface area contributed by atoms with Crippen LogP contribution < -0.4 is 0 Å². The number of rotatable bonds is 5. The van der Waals surface area contributed by atoms with Gasteiger partial charge in [-0.3, -0.25) is 9.11 Å². The van der Waals surface area contributed by atoms with E-state index in [0.29, 0.717) is 0 Å². The van der Waals surface area contributed by atoms with Crippen LogP contribution >= 0.6 is 0 Å². The van der Waals surface area contributed by atoms with Gasteiger partial charge in [-0.25, -0.2) is 0 Å². The molecule has 0 rings (SSSR count). The van der Waals surface area contributed by atoms with Crippen molar-refractivity contribution < 1.29 is 25.9 Å². The van der Waals surface area contributed by atoms with Crippen LogP contribution in [-0.4, -0.2) is 36.9 Å². The molecule has 0 bridgehead atoms. The highest BCUT2D eigenvalue weighted by Crippen LogP contribution is 2.09. The van der Waals surface area contributed by atoms with E-state index in [-0.39, 0.29) is 12.8 Å². The first-order chi connectivity index (χ1) is 5.67. The van der Waals surface area contributed by atoms with Crippen LogP contribution in [0.2, 0.25) is 0 Å². The Morgan fingerprint density at radius 2 is 1.62 bits per heavy atom. The van der Waals surface area contributed by atoms with Crippen molar-refractivity contribution >= 4 is 20.2 Å². The number of hydrogen-bond donors (Lipinski definition) is 2. The normalized spacial score (nSPS) is 15.6. The summed E-state index contributed by atoms with van der Waals surface area (Å²) in [5.41, 5.74) is 0. The highest BCUT2D eigenvalue weighted by Gasteiger charge is 2.22. The van der Waals surface area contributed by atoms with E-state index in [0.717, 1.165) is 0 Å². The quantitative estimate of drug-likeness (QED) is 0.642. The van der Waals surface area contributed by atoms with Crippen molar-refractivity contribution in [2.75, 3.05) is 5.75 Å². The maximum atomic E-state index is 10.6. The molecule has 0 amide bonds. The Balaban J connectivity index is 4.35. The third kappa shape index (κ3) is 5.97. The van der Waals surface area contributed by atoms with Gasteiger partial charge in [0.25, 0.3) is 20.2 Å².